The molecule has 0 aliphatic rings. The zero-order valence-corrected chi connectivity index (χ0v) is 14.0. The molecule has 0 aromatic heterocycles. The van der Waals surface area contributed by atoms with E-state index in [4.69, 9.17) is 4.74 Å². The number of hydrogen-bond acceptors (Lipinski definition) is 1. The van der Waals surface area contributed by atoms with Gasteiger partial charge in [-0.3, -0.25) is 0 Å². The number of rotatable bonds is 6. The molecule has 0 saturated heterocycles. The average Bonchev–Trinajstić information content (AvgIpc) is 2.55. The van der Waals surface area contributed by atoms with E-state index in [1.165, 1.54) is 0 Å². The molecule has 0 N–H and O–H groups in total. The molecule has 0 atom stereocenters. The number of unbranched alkanes of at least 4 members (excludes halogenated alkanes) is 1. The highest BCUT2D eigenvalue weighted by molar-refractivity contribution is 5.37. The Bertz CT molecular complexity index is 684. The molecular formula is C19H18F6O. The quantitative estimate of drug-likeness (QED) is 0.413. The molecule has 1 nitrogen and oxygen atoms in total. The maximum absolute atomic E-state index is 12.9. The van der Waals surface area contributed by atoms with Crippen LogP contribution >= 0.6 is 0 Å². The lowest BCUT2D eigenvalue weighted by molar-refractivity contribution is -0.143. The fourth-order valence-electron chi connectivity index (χ4n) is 2.39. The SMILES string of the molecule is CCCCOc1ccc(Cc2cc(C(F)(F)F)cc(C(F)(F)F)c2)cc1. The van der Waals surface area contributed by atoms with Gasteiger partial charge in [0.25, 0.3) is 0 Å². The van der Waals surface area contributed by atoms with Crippen LogP contribution in [0.4, 0.5) is 26.3 Å². The van der Waals surface area contributed by atoms with E-state index in [1.54, 1.807) is 24.3 Å². The lowest BCUT2D eigenvalue weighted by atomic mass is 9.99. The van der Waals surface area contributed by atoms with Crippen molar-refractivity contribution in [2.24, 2.45) is 0 Å². The molecule has 0 saturated carbocycles. The van der Waals surface area contributed by atoms with E-state index in [9.17, 15) is 26.3 Å². The lowest BCUT2D eigenvalue weighted by Crippen LogP contribution is -2.12. The van der Waals surface area contributed by atoms with E-state index in [1.807, 2.05) is 6.92 Å². The molecule has 0 amide bonds. The highest BCUT2D eigenvalue weighted by Crippen LogP contribution is 2.36. The predicted octanol–water partition coefficient (Wildman–Crippen LogP) is 6.49. The summed E-state index contributed by atoms with van der Waals surface area (Å²) in [4.78, 5) is 0. The summed E-state index contributed by atoms with van der Waals surface area (Å²) >= 11 is 0. The number of ether oxygens (including phenoxy) is 1. The third-order valence-electron chi connectivity index (χ3n) is 3.75. The summed E-state index contributed by atoms with van der Waals surface area (Å²) in [5.41, 5.74) is -2.06. The summed E-state index contributed by atoms with van der Waals surface area (Å²) < 4.78 is 82.8. The molecule has 2 rings (SSSR count). The van der Waals surface area contributed by atoms with Gasteiger partial charge >= 0.3 is 12.4 Å². The Morgan fingerprint density at radius 3 is 1.77 bits per heavy atom. The van der Waals surface area contributed by atoms with Crippen molar-refractivity contribution >= 4 is 0 Å². The van der Waals surface area contributed by atoms with Crippen LogP contribution in [0.3, 0.4) is 0 Å². The molecule has 0 aliphatic carbocycles. The van der Waals surface area contributed by atoms with Crippen molar-refractivity contribution in [2.75, 3.05) is 6.61 Å². The summed E-state index contributed by atoms with van der Waals surface area (Å²) in [5, 5.41) is 0. The molecule has 0 aliphatic heterocycles. The molecule has 0 heterocycles. The highest BCUT2D eigenvalue weighted by Gasteiger charge is 2.36. The molecule has 0 unspecified atom stereocenters. The maximum atomic E-state index is 12.9. The van der Waals surface area contributed by atoms with Crippen LogP contribution < -0.4 is 4.74 Å². The summed E-state index contributed by atoms with van der Waals surface area (Å²) in [5.74, 6) is 0.613. The van der Waals surface area contributed by atoms with Crippen LogP contribution in [0.1, 0.15) is 42.0 Å². The minimum Gasteiger partial charge on any atom is -0.494 e. The zero-order valence-electron chi connectivity index (χ0n) is 14.0. The van der Waals surface area contributed by atoms with Gasteiger partial charge in [0.1, 0.15) is 5.75 Å². The molecule has 0 spiro atoms. The molecule has 2 aromatic carbocycles. The monoisotopic (exact) mass is 376 g/mol. The van der Waals surface area contributed by atoms with Gasteiger partial charge in [0.05, 0.1) is 17.7 Å². The summed E-state index contributed by atoms with van der Waals surface area (Å²) in [7, 11) is 0. The van der Waals surface area contributed by atoms with Crippen molar-refractivity contribution in [1.29, 1.82) is 0 Å². The standard InChI is InChI=1S/C19H18F6O/c1-2-3-8-26-17-6-4-13(5-7-17)9-14-10-15(18(20,21)22)12-16(11-14)19(23,24)25/h4-7,10-12H,2-3,8-9H2,1H3. The van der Waals surface area contributed by atoms with Gasteiger partial charge in [-0.15, -0.1) is 0 Å². The molecular weight excluding hydrogens is 358 g/mol. The van der Waals surface area contributed by atoms with Gasteiger partial charge in [-0.1, -0.05) is 25.5 Å². The lowest BCUT2D eigenvalue weighted by Gasteiger charge is -2.14. The number of benzene rings is 2. The first-order chi connectivity index (χ1) is 12.1. The Hall–Kier alpha value is -2.18. The Balaban J connectivity index is 2.22. The van der Waals surface area contributed by atoms with Crippen molar-refractivity contribution in [3.8, 4) is 5.75 Å². The zero-order chi connectivity index (χ0) is 19.4. The Kier molecular flexibility index (Phi) is 6.21. The van der Waals surface area contributed by atoms with Crippen LogP contribution in [-0.2, 0) is 18.8 Å². The van der Waals surface area contributed by atoms with Crippen LogP contribution in [0.25, 0.3) is 0 Å². The minimum atomic E-state index is -4.84. The number of alkyl halides is 6. The van der Waals surface area contributed by atoms with Crippen LogP contribution in [0.15, 0.2) is 42.5 Å². The van der Waals surface area contributed by atoms with E-state index in [0.717, 1.165) is 25.0 Å². The summed E-state index contributed by atoms with van der Waals surface area (Å²) in [6.07, 6.45) is -7.84. The van der Waals surface area contributed by atoms with Crippen LogP contribution in [0.5, 0.6) is 5.75 Å². The van der Waals surface area contributed by atoms with Crippen LogP contribution in [-0.4, -0.2) is 6.61 Å². The average molecular weight is 376 g/mol. The van der Waals surface area contributed by atoms with Crippen molar-refractivity contribution in [2.45, 2.75) is 38.5 Å². The molecule has 142 valence electrons. The Labute approximate surface area is 147 Å². The molecule has 26 heavy (non-hydrogen) atoms. The van der Waals surface area contributed by atoms with Gasteiger partial charge in [0.2, 0.25) is 0 Å². The predicted molar refractivity (Wildman–Crippen MR) is 86.1 cm³/mol. The van der Waals surface area contributed by atoms with Crippen molar-refractivity contribution in [3.05, 3.63) is 64.7 Å². The van der Waals surface area contributed by atoms with E-state index in [2.05, 4.69) is 0 Å². The van der Waals surface area contributed by atoms with Gasteiger partial charge in [0, 0.05) is 0 Å². The third kappa shape index (κ3) is 5.68. The Morgan fingerprint density at radius 1 is 0.769 bits per heavy atom. The van der Waals surface area contributed by atoms with Gasteiger partial charge in [-0.05, 0) is 54.3 Å². The molecule has 0 bridgehead atoms. The Morgan fingerprint density at radius 2 is 1.31 bits per heavy atom. The van der Waals surface area contributed by atoms with Crippen molar-refractivity contribution < 1.29 is 31.1 Å². The first-order valence-corrected chi connectivity index (χ1v) is 8.09. The number of hydrogen-bond donors (Lipinski definition) is 0. The summed E-state index contributed by atoms with van der Waals surface area (Å²) in [6, 6.07) is 8.21. The second-order valence-electron chi connectivity index (χ2n) is 5.94. The largest absolute Gasteiger partial charge is 0.494 e. The van der Waals surface area contributed by atoms with Gasteiger partial charge < -0.3 is 4.74 Å². The first-order valence-electron chi connectivity index (χ1n) is 8.09. The van der Waals surface area contributed by atoms with E-state index in [0.29, 0.717) is 17.9 Å². The topological polar surface area (TPSA) is 9.23 Å². The van der Waals surface area contributed by atoms with Crippen molar-refractivity contribution in [3.63, 3.8) is 0 Å². The molecule has 0 radical (unpaired) electrons. The van der Waals surface area contributed by atoms with E-state index >= 15 is 0 Å². The minimum absolute atomic E-state index is 0.0394. The van der Waals surface area contributed by atoms with Gasteiger partial charge in [-0.2, -0.15) is 26.3 Å². The van der Waals surface area contributed by atoms with Crippen LogP contribution in [0, 0.1) is 0 Å². The normalized spacial score (nSPS) is 12.3. The fraction of sp³-hybridized carbons (Fsp3) is 0.368. The van der Waals surface area contributed by atoms with Crippen LogP contribution in [0.2, 0.25) is 0 Å². The van der Waals surface area contributed by atoms with Gasteiger partial charge in [-0.25, -0.2) is 0 Å². The highest BCUT2D eigenvalue weighted by atomic mass is 19.4. The summed E-state index contributed by atoms with van der Waals surface area (Å²) in [6.45, 7) is 2.58. The number of halogens is 6. The fourth-order valence-corrected chi connectivity index (χ4v) is 2.39. The first kappa shape index (κ1) is 20.1. The molecule has 7 heteroatoms. The van der Waals surface area contributed by atoms with Crippen molar-refractivity contribution in [1.82, 2.24) is 0 Å². The third-order valence-corrected chi connectivity index (χ3v) is 3.75. The maximum Gasteiger partial charge on any atom is 0.416 e. The molecule has 0 fully saturated rings. The smallest absolute Gasteiger partial charge is 0.416 e. The molecule has 2 aromatic rings. The second-order valence-corrected chi connectivity index (χ2v) is 5.94. The van der Waals surface area contributed by atoms with E-state index in [-0.39, 0.29) is 18.1 Å². The van der Waals surface area contributed by atoms with Gasteiger partial charge in [0.15, 0.2) is 0 Å². The van der Waals surface area contributed by atoms with E-state index < -0.39 is 23.5 Å². The second kappa shape index (κ2) is 8.01.